The quantitative estimate of drug-likeness (QED) is 0.550. The average molecular weight is 415 g/mol. The van der Waals surface area contributed by atoms with Crippen molar-refractivity contribution in [3.05, 3.63) is 40.6 Å². The molecule has 0 atom stereocenters. The highest BCUT2D eigenvalue weighted by atomic mass is 32.2. The summed E-state index contributed by atoms with van der Waals surface area (Å²) < 4.78 is 11.6. The Morgan fingerprint density at radius 2 is 2.11 bits per heavy atom. The van der Waals surface area contributed by atoms with Gasteiger partial charge in [0.05, 0.1) is 17.7 Å². The first-order valence-corrected chi connectivity index (χ1v) is 10.3. The third-order valence-corrected chi connectivity index (χ3v) is 6.02. The topological polar surface area (TPSA) is 86.5 Å². The maximum absolute atomic E-state index is 12.7. The van der Waals surface area contributed by atoms with Gasteiger partial charge in [-0.3, -0.25) is 9.69 Å². The molecule has 0 bridgehead atoms. The number of hydrogen-bond acceptors (Lipinski definition) is 8. The molecule has 2 aromatic heterocycles. The van der Waals surface area contributed by atoms with Gasteiger partial charge in [-0.2, -0.15) is 10.2 Å². The summed E-state index contributed by atoms with van der Waals surface area (Å²) in [6.45, 7) is 1.96. The summed E-state index contributed by atoms with van der Waals surface area (Å²) in [4.78, 5) is 21.0. The first-order valence-electron chi connectivity index (χ1n) is 9.09. The summed E-state index contributed by atoms with van der Waals surface area (Å²) in [5.41, 5.74) is 0.249. The van der Waals surface area contributed by atoms with E-state index < -0.39 is 0 Å². The Labute approximate surface area is 172 Å². The molecule has 2 fully saturated rings. The fraction of sp³-hybridized carbons (Fsp3) is 0.368. The van der Waals surface area contributed by atoms with Crippen LogP contribution in [0.15, 0.2) is 32.1 Å². The molecule has 4 rings (SSSR count). The van der Waals surface area contributed by atoms with Crippen LogP contribution in [0.2, 0.25) is 0 Å². The van der Waals surface area contributed by atoms with E-state index in [2.05, 4.69) is 16.0 Å². The van der Waals surface area contributed by atoms with E-state index in [1.807, 2.05) is 0 Å². The van der Waals surface area contributed by atoms with E-state index in [4.69, 9.17) is 21.1 Å². The molecule has 0 aliphatic carbocycles. The van der Waals surface area contributed by atoms with Crippen molar-refractivity contribution in [2.45, 2.75) is 32.2 Å². The lowest BCUT2D eigenvalue weighted by atomic mass is 10.2. The van der Waals surface area contributed by atoms with E-state index >= 15 is 0 Å². The van der Waals surface area contributed by atoms with Gasteiger partial charge in [-0.15, -0.1) is 0 Å². The number of thiocarbonyl (C=S) groups is 1. The van der Waals surface area contributed by atoms with Crippen molar-refractivity contribution in [2.75, 3.05) is 18.0 Å². The van der Waals surface area contributed by atoms with Crippen LogP contribution in [0.1, 0.15) is 43.0 Å². The van der Waals surface area contributed by atoms with Crippen LogP contribution in [0.5, 0.6) is 0 Å². The number of thioether (sulfide) groups is 1. The molecule has 0 radical (unpaired) electrons. The molecule has 0 saturated carbocycles. The number of carbonyl (C=O) groups is 1. The Hall–Kier alpha value is -2.57. The van der Waals surface area contributed by atoms with Crippen LogP contribution in [0, 0.1) is 11.3 Å². The number of amides is 1. The highest BCUT2D eigenvalue weighted by molar-refractivity contribution is 8.26. The SMILES string of the molecule is N#Cc1nc(/C=C2/SC(=S)N(Cc3ccco3)C2=O)oc1N1CCCCCC1. The van der Waals surface area contributed by atoms with Crippen molar-refractivity contribution in [1.82, 2.24) is 9.88 Å². The number of oxazole rings is 1. The predicted octanol–water partition coefficient (Wildman–Crippen LogP) is 3.92. The minimum atomic E-state index is -0.223. The first-order chi connectivity index (χ1) is 13.7. The molecule has 144 valence electrons. The standard InChI is InChI=1S/C19H18N4O3S2/c20-11-14-18(22-7-3-1-2-4-8-22)26-16(21-14)10-15-17(24)23(19(27)28-15)12-13-6-5-9-25-13/h5-6,9-10H,1-4,7-8,12H2/b15-10+. The number of anilines is 1. The van der Waals surface area contributed by atoms with Gasteiger partial charge in [-0.1, -0.05) is 36.8 Å². The van der Waals surface area contributed by atoms with E-state index in [-0.39, 0.29) is 24.0 Å². The van der Waals surface area contributed by atoms with Gasteiger partial charge in [0.25, 0.3) is 5.91 Å². The average Bonchev–Trinajstić information content (AvgIpc) is 3.34. The highest BCUT2D eigenvalue weighted by Crippen LogP contribution is 2.34. The van der Waals surface area contributed by atoms with Crippen LogP contribution in [-0.4, -0.2) is 33.2 Å². The zero-order chi connectivity index (χ0) is 19.5. The van der Waals surface area contributed by atoms with E-state index in [0.29, 0.717) is 20.9 Å². The fourth-order valence-electron chi connectivity index (χ4n) is 3.26. The Morgan fingerprint density at radius 1 is 1.32 bits per heavy atom. The highest BCUT2D eigenvalue weighted by Gasteiger charge is 2.33. The van der Waals surface area contributed by atoms with Crippen molar-refractivity contribution >= 4 is 46.2 Å². The summed E-state index contributed by atoms with van der Waals surface area (Å²) in [6, 6.07) is 5.66. The summed E-state index contributed by atoms with van der Waals surface area (Å²) >= 11 is 6.52. The number of rotatable bonds is 4. The third kappa shape index (κ3) is 3.84. The van der Waals surface area contributed by atoms with Gasteiger partial charge in [-0.05, 0) is 25.0 Å². The summed E-state index contributed by atoms with van der Waals surface area (Å²) in [5.74, 6) is 1.17. The van der Waals surface area contributed by atoms with Gasteiger partial charge in [0.2, 0.25) is 17.5 Å². The molecule has 7 nitrogen and oxygen atoms in total. The Kier molecular flexibility index (Phi) is 5.50. The van der Waals surface area contributed by atoms with Crippen LogP contribution in [-0.2, 0) is 11.3 Å². The second-order valence-corrected chi connectivity index (χ2v) is 8.24. The van der Waals surface area contributed by atoms with E-state index in [1.165, 1.54) is 29.5 Å². The van der Waals surface area contributed by atoms with Gasteiger partial charge >= 0.3 is 0 Å². The molecular formula is C19H18N4O3S2. The predicted molar refractivity (Wildman–Crippen MR) is 109 cm³/mol. The van der Waals surface area contributed by atoms with Crippen molar-refractivity contribution in [3.8, 4) is 6.07 Å². The zero-order valence-electron chi connectivity index (χ0n) is 15.1. The van der Waals surface area contributed by atoms with Crippen LogP contribution in [0.4, 0.5) is 5.88 Å². The van der Waals surface area contributed by atoms with Crippen molar-refractivity contribution in [2.24, 2.45) is 0 Å². The van der Waals surface area contributed by atoms with Gasteiger partial charge in [0.1, 0.15) is 16.2 Å². The molecule has 0 spiro atoms. The van der Waals surface area contributed by atoms with Gasteiger partial charge < -0.3 is 13.7 Å². The molecule has 0 N–H and O–H groups in total. The molecular weight excluding hydrogens is 396 g/mol. The molecule has 2 aliphatic heterocycles. The molecule has 4 heterocycles. The number of aromatic nitrogens is 1. The van der Waals surface area contributed by atoms with Gasteiger partial charge in [0.15, 0.2) is 0 Å². The molecule has 2 aromatic rings. The van der Waals surface area contributed by atoms with Crippen LogP contribution < -0.4 is 4.90 Å². The molecule has 2 aliphatic rings. The molecule has 0 unspecified atom stereocenters. The van der Waals surface area contributed by atoms with E-state index in [1.54, 1.807) is 24.5 Å². The van der Waals surface area contributed by atoms with E-state index in [0.717, 1.165) is 25.9 Å². The lowest BCUT2D eigenvalue weighted by molar-refractivity contribution is -0.122. The Morgan fingerprint density at radius 3 is 2.79 bits per heavy atom. The largest absolute Gasteiger partial charge is 0.467 e. The van der Waals surface area contributed by atoms with Crippen molar-refractivity contribution in [3.63, 3.8) is 0 Å². The second-order valence-electron chi connectivity index (χ2n) is 6.57. The van der Waals surface area contributed by atoms with Crippen LogP contribution in [0.3, 0.4) is 0 Å². The molecule has 0 aromatic carbocycles. The number of nitriles is 1. The molecule has 9 heteroatoms. The number of nitrogens with zero attached hydrogens (tertiary/aromatic N) is 4. The monoisotopic (exact) mass is 414 g/mol. The Balaban J connectivity index is 1.56. The lowest BCUT2D eigenvalue weighted by Gasteiger charge is -2.18. The van der Waals surface area contributed by atoms with E-state index in [9.17, 15) is 10.1 Å². The number of furan rings is 1. The van der Waals surface area contributed by atoms with Crippen LogP contribution in [0.25, 0.3) is 6.08 Å². The summed E-state index contributed by atoms with van der Waals surface area (Å²) in [6.07, 6.45) is 7.60. The smallest absolute Gasteiger partial charge is 0.266 e. The van der Waals surface area contributed by atoms with Crippen molar-refractivity contribution in [1.29, 1.82) is 5.26 Å². The van der Waals surface area contributed by atoms with Crippen LogP contribution >= 0.6 is 24.0 Å². The Bertz CT molecular complexity index is 950. The maximum atomic E-state index is 12.7. The van der Waals surface area contributed by atoms with Crippen molar-refractivity contribution < 1.29 is 13.6 Å². The maximum Gasteiger partial charge on any atom is 0.266 e. The molecule has 1 amide bonds. The summed E-state index contributed by atoms with van der Waals surface area (Å²) in [7, 11) is 0. The first kappa shape index (κ1) is 18.8. The van der Waals surface area contributed by atoms with Gasteiger partial charge in [0, 0.05) is 19.2 Å². The number of hydrogen-bond donors (Lipinski definition) is 0. The molecule has 2 saturated heterocycles. The third-order valence-electron chi connectivity index (χ3n) is 4.65. The fourth-order valence-corrected chi connectivity index (χ4v) is 4.48. The van der Waals surface area contributed by atoms with Gasteiger partial charge in [-0.25, -0.2) is 0 Å². The minimum Gasteiger partial charge on any atom is -0.467 e. The summed E-state index contributed by atoms with van der Waals surface area (Å²) in [5, 5.41) is 9.44. The molecule has 28 heavy (non-hydrogen) atoms. The lowest BCUT2D eigenvalue weighted by Crippen LogP contribution is -2.27. The second kappa shape index (κ2) is 8.20. The number of carbonyl (C=O) groups excluding carboxylic acids is 1. The minimum absolute atomic E-state index is 0.223. The zero-order valence-corrected chi connectivity index (χ0v) is 16.7. The normalized spacial score (nSPS) is 19.3.